The molecule has 2 aromatic heterocycles. The number of pyridine rings is 1. The number of rotatable bonds is 7. The van der Waals surface area contributed by atoms with Gasteiger partial charge < -0.3 is 5.32 Å². The van der Waals surface area contributed by atoms with Crippen LogP contribution < -0.4 is 9.88 Å². The zero-order chi connectivity index (χ0) is 15.1. The molecule has 1 amide bonds. The first-order chi connectivity index (χ1) is 10.1. The molecule has 4 nitrogen and oxygen atoms in total. The molecule has 21 heavy (non-hydrogen) atoms. The van der Waals surface area contributed by atoms with Gasteiger partial charge in [-0.1, -0.05) is 19.9 Å². The number of anilines is 1. The lowest BCUT2D eigenvalue weighted by Gasteiger charge is -2.01. The van der Waals surface area contributed by atoms with E-state index in [-0.39, 0.29) is 5.91 Å². The summed E-state index contributed by atoms with van der Waals surface area (Å²) >= 11 is 1.50. The number of hydrogen-bond donors (Lipinski definition) is 1. The first kappa shape index (κ1) is 15.6. The van der Waals surface area contributed by atoms with Crippen LogP contribution in [0.4, 0.5) is 5.13 Å². The van der Waals surface area contributed by atoms with Gasteiger partial charge in [-0.3, -0.25) is 4.79 Å². The van der Waals surface area contributed by atoms with Crippen molar-refractivity contribution in [1.82, 2.24) is 4.98 Å². The van der Waals surface area contributed by atoms with Crippen LogP contribution in [0.2, 0.25) is 0 Å². The molecule has 0 spiro atoms. The molecule has 0 fully saturated rings. The van der Waals surface area contributed by atoms with Crippen molar-refractivity contribution < 1.29 is 9.36 Å². The molecule has 0 radical (unpaired) electrons. The molecular formula is C16H22N3OS+. The molecule has 1 N–H and O–H groups in total. The Morgan fingerprint density at radius 1 is 1.29 bits per heavy atom. The Balaban J connectivity index is 1.67. The predicted molar refractivity (Wildman–Crippen MR) is 85.3 cm³/mol. The van der Waals surface area contributed by atoms with Crippen LogP contribution in [0.5, 0.6) is 0 Å². The van der Waals surface area contributed by atoms with Crippen molar-refractivity contribution in [2.45, 2.75) is 45.6 Å². The van der Waals surface area contributed by atoms with Crippen molar-refractivity contribution in [2.24, 2.45) is 0 Å². The number of carbonyl (C=O) groups is 1. The number of carbonyl (C=O) groups excluding carboxylic acids is 1. The number of amides is 1. The van der Waals surface area contributed by atoms with Crippen LogP contribution in [0.25, 0.3) is 0 Å². The van der Waals surface area contributed by atoms with Gasteiger partial charge in [0.1, 0.15) is 6.54 Å². The number of nitrogens with one attached hydrogen (secondary N) is 1. The van der Waals surface area contributed by atoms with Gasteiger partial charge in [0.05, 0.1) is 5.69 Å². The fourth-order valence-electron chi connectivity index (χ4n) is 1.95. The quantitative estimate of drug-likeness (QED) is 0.630. The Kier molecular flexibility index (Phi) is 5.87. The number of nitrogens with zero attached hydrogens (tertiary/aromatic N) is 2. The summed E-state index contributed by atoms with van der Waals surface area (Å²) in [4.78, 5) is 16.3. The van der Waals surface area contributed by atoms with Gasteiger partial charge in [-0.2, -0.15) is 0 Å². The van der Waals surface area contributed by atoms with E-state index >= 15 is 0 Å². The summed E-state index contributed by atoms with van der Waals surface area (Å²) in [5.41, 5.74) is 1.04. The molecule has 0 aromatic carbocycles. The summed E-state index contributed by atoms with van der Waals surface area (Å²) in [7, 11) is 0. The van der Waals surface area contributed by atoms with Gasteiger partial charge in [0.2, 0.25) is 5.91 Å². The van der Waals surface area contributed by atoms with Gasteiger partial charge in [0.25, 0.3) is 0 Å². The zero-order valence-electron chi connectivity index (χ0n) is 12.6. The van der Waals surface area contributed by atoms with E-state index in [4.69, 9.17) is 0 Å². The van der Waals surface area contributed by atoms with Crippen LogP contribution in [0.3, 0.4) is 0 Å². The van der Waals surface area contributed by atoms with E-state index in [2.05, 4.69) is 28.7 Å². The lowest BCUT2D eigenvalue weighted by molar-refractivity contribution is -0.697. The largest absolute Gasteiger partial charge is 0.302 e. The van der Waals surface area contributed by atoms with Gasteiger partial charge in [-0.15, -0.1) is 11.3 Å². The van der Waals surface area contributed by atoms with Crippen LogP contribution >= 0.6 is 11.3 Å². The second-order valence-corrected chi connectivity index (χ2v) is 6.21. The summed E-state index contributed by atoms with van der Waals surface area (Å²) in [6.45, 7) is 5.15. The third-order valence-corrected chi connectivity index (χ3v) is 3.98. The van der Waals surface area contributed by atoms with Crippen LogP contribution in [0, 0.1) is 0 Å². The Labute approximate surface area is 129 Å². The monoisotopic (exact) mass is 304 g/mol. The van der Waals surface area contributed by atoms with Crippen molar-refractivity contribution in [3.05, 3.63) is 41.7 Å². The third-order valence-electron chi connectivity index (χ3n) is 3.21. The summed E-state index contributed by atoms with van der Waals surface area (Å²) < 4.78 is 2.13. The van der Waals surface area contributed by atoms with Gasteiger partial charge in [-0.25, -0.2) is 9.55 Å². The van der Waals surface area contributed by atoms with E-state index in [1.165, 1.54) is 11.3 Å². The average Bonchev–Trinajstić information content (AvgIpc) is 2.93. The summed E-state index contributed by atoms with van der Waals surface area (Å²) in [6.07, 6.45) is 6.52. The highest BCUT2D eigenvalue weighted by Gasteiger charge is 2.09. The van der Waals surface area contributed by atoms with Crippen LogP contribution in [0.1, 0.15) is 44.7 Å². The highest BCUT2D eigenvalue weighted by atomic mass is 32.1. The van der Waals surface area contributed by atoms with E-state index in [1.807, 2.05) is 36.0 Å². The molecule has 5 heteroatoms. The fraction of sp³-hybridized carbons (Fsp3) is 0.438. The number of aryl methyl sites for hydroxylation is 1. The van der Waals surface area contributed by atoms with Gasteiger partial charge >= 0.3 is 0 Å². The van der Waals surface area contributed by atoms with Crippen molar-refractivity contribution in [1.29, 1.82) is 0 Å². The van der Waals surface area contributed by atoms with Crippen molar-refractivity contribution in [3.8, 4) is 0 Å². The topological polar surface area (TPSA) is 45.9 Å². The molecule has 0 aliphatic heterocycles. The number of aromatic nitrogens is 2. The van der Waals surface area contributed by atoms with Crippen LogP contribution in [-0.4, -0.2) is 10.9 Å². The molecule has 2 aromatic rings. The predicted octanol–water partition coefficient (Wildman–Crippen LogP) is 3.36. The van der Waals surface area contributed by atoms with E-state index in [0.717, 1.165) is 25.1 Å². The first-order valence-electron chi connectivity index (χ1n) is 7.34. The van der Waals surface area contributed by atoms with Crippen molar-refractivity contribution >= 4 is 22.4 Å². The molecule has 0 saturated carbocycles. The number of unbranched alkanes of at least 4 members (excludes halogenated alkanes) is 1. The third kappa shape index (κ3) is 5.27. The maximum Gasteiger partial charge on any atom is 0.226 e. The average molecular weight is 304 g/mol. The van der Waals surface area contributed by atoms with E-state index in [1.54, 1.807) is 0 Å². The van der Waals surface area contributed by atoms with Crippen molar-refractivity contribution in [3.63, 3.8) is 0 Å². The molecule has 2 rings (SSSR count). The second kappa shape index (κ2) is 7.88. The summed E-state index contributed by atoms with van der Waals surface area (Å²) in [5, 5.41) is 5.59. The second-order valence-electron chi connectivity index (χ2n) is 5.35. The minimum Gasteiger partial charge on any atom is -0.302 e. The maximum absolute atomic E-state index is 11.9. The minimum absolute atomic E-state index is 0.0534. The SMILES string of the molecule is CC(C)c1csc(NC(=O)CCCC[n+]2ccccc2)n1. The Hall–Kier alpha value is -1.75. The van der Waals surface area contributed by atoms with Crippen molar-refractivity contribution in [2.75, 3.05) is 5.32 Å². The number of thiazole rings is 1. The molecule has 0 bridgehead atoms. The Morgan fingerprint density at radius 3 is 2.71 bits per heavy atom. The molecule has 2 heterocycles. The van der Waals surface area contributed by atoms with Gasteiger partial charge in [0, 0.05) is 30.4 Å². The molecule has 0 saturated heterocycles. The highest BCUT2D eigenvalue weighted by Crippen LogP contribution is 2.21. The van der Waals surface area contributed by atoms with E-state index < -0.39 is 0 Å². The lowest BCUT2D eigenvalue weighted by Crippen LogP contribution is -2.32. The standard InChI is InChI=1S/C16H21N3OS/c1-13(2)14-12-21-16(17-14)18-15(20)8-4-7-11-19-9-5-3-6-10-19/h3,5-6,9-10,12-13H,4,7-8,11H2,1-2H3/p+1. The van der Waals surface area contributed by atoms with E-state index in [0.29, 0.717) is 17.5 Å². The molecule has 0 unspecified atom stereocenters. The highest BCUT2D eigenvalue weighted by molar-refractivity contribution is 7.13. The summed E-state index contributed by atoms with van der Waals surface area (Å²) in [5.74, 6) is 0.451. The van der Waals surface area contributed by atoms with Gasteiger partial charge in [0.15, 0.2) is 17.5 Å². The molecule has 0 atom stereocenters. The number of hydrogen-bond acceptors (Lipinski definition) is 3. The van der Waals surface area contributed by atoms with Crippen LogP contribution in [-0.2, 0) is 11.3 Å². The normalized spacial score (nSPS) is 10.8. The molecule has 0 aliphatic carbocycles. The lowest BCUT2D eigenvalue weighted by atomic mass is 10.2. The Morgan fingerprint density at radius 2 is 2.05 bits per heavy atom. The first-order valence-corrected chi connectivity index (χ1v) is 8.22. The molecule has 112 valence electrons. The molecule has 0 aliphatic rings. The summed E-state index contributed by atoms with van der Waals surface area (Å²) in [6, 6.07) is 6.03. The minimum atomic E-state index is 0.0534. The van der Waals surface area contributed by atoms with Gasteiger partial charge in [-0.05, 0) is 12.3 Å². The van der Waals surface area contributed by atoms with Crippen LogP contribution in [0.15, 0.2) is 36.0 Å². The smallest absolute Gasteiger partial charge is 0.226 e. The molecular weight excluding hydrogens is 282 g/mol. The maximum atomic E-state index is 11.9. The zero-order valence-corrected chi connectivity index (χ0v) is 13.4. The fourth-order valence-corrected chi connectivity index (χ4v) is 2.84. The van der Waals surface area contributed by atoms with E-state index in [9.17, 15) is 4.79 Å². The Bertz CT molecular complexity index is 566.